The number of nitrogens with zero attached hydrogens (tertiary/aromatic N) is 1. The Morgan fingerprint density at radius 3 is 2.61 bits per heavy atom. The Hall–Kier alpha value is -2.97. The molecule has 2 heterocycles. The highest BCUT2D eigenvalue weighted by Crippen LogP contribution is 2.40. The maximum absolute atomic E-state index is 12.7. The zero-order valence-corrected chi connectivity index (χ0v) is 17.7. The van der Waals surface area contributed by atoms with Crippen LogP contribution >= 0.6 is 0 Å². The first-order chi connectivity index (χ1) is 14.5. The first kappa shape index (κ1) is 22.7. The van der Waals surface area contributed by atoms with Crippen LogP contribution in [0.3, 0.4) is 0 Å². The Bertz CT molecular complexity index is 1040. The van der Waals surface area contributed by atoms with E-state index in [1.165, 1.54) is 18.3 Å². The molecule has 0 saturated heterocycles. The molecular weight excluding hydrogens is 415 g/mol. The van der Waals surface area contributed by atoms with Gasteiger partial charge in [-0.05, 0) is 31.4 Å². The van der Waals surface area contributed by atoms with E-state index in [9.17, 15) is 22.8 Å². The van der Waals surface area contributed by atoms with E-state index in [1.54, 1.807) is 24.5 Å². The molecule has 2 aromatic rings. The van der Waals surface area contributed by atoms with Crippen molar-refractivity contribution in [2.45, 2.75) is 39.9 Å². The highest BCUT2D eigenvalue weighted by Gasteiger charge is 2.30. The van der Waals surface area contributed by atoms with Crippen LogP contribution in [0.4, 0.5) is 13.2 Å². The zero-order chi connectivity index (χ0) is 22.9. The number of ether oxygens (including phenoxy) is 3. The molecule has 1 aromatic carbocycles. The molecular formula is C22H24F3NO5. The number of aryl methyl sites for hydroxylation is 1. The third-order valence-corrected chi connectivity index (χ3v) is 5.06. The summed E-state index contributed by atoms with van der Waals surface area (Å²) in [5, 5.41) is 0. The van der Waals surface area contributed by atoms with Gasteiger partial charge in [0.05, 0.1) is 18.3 Å². The van der Waals surface area contributed by atoms with Crippen LogP contribution in [0, 0.1) is 12.8 Å². The fourth-order valence-corrected chi connectivity index (χ4v) is 3.48. The smallest absolute Gasteiger partial charge is 0.422 e. The number of aromatic nitrogens is 1. The number of benzene rings is 1. The number of rotatable bonds is 5. The van der Waals surface area contributed by atoms with E-state index in [2.05, 4.69) is 0 Å². The summed E-state index contributed by atoms with van der Waals surface area (Å²) in [5.41, 5.74) is 0.918. The fraction of sp³-hybridized carbons (Fsp3) is 0.455. The van der Waals surface area contributed by atoms with Gasteiger partial charge in [-0.15, -0.1) is 0 Å². The van der Waals surface area contributed by atoms with Gasteiger partial charge in [-0.25, -0.2) is 4.79 Å². The number of esters is 1. The largest absolute Gasteiger partial charge is 0.491 e. The molecule has 0 N–H and O–H groups in total. The molecule has 3 rings (SSSR count). The Kier molecular flexibility index (Phi) is 6.33. The normalized spacial score (nSPS) is 15.5. The molecule has 9 heteroatoms. The van der Waals surface area contributed by atoms with Crippen LogP contribution in [-0.4, -0.2) is 36.5 Å². The SMILES string of the molecule is CCOC(=O)c1cn2c(cc1=O)-c1cc(C)c(OCC(F)(F)F)cc1OC[C@H]2C(C)C. The predicted octanol–water partition coefficient (Wildman–Crippen LogP) is 4.53. The number of fused-ring (bicyclic) bond motifs is 3. The molecule has 168 valence electrons. The van der Waals surface area contributed by atoms with Gasteiger partial charge in [0, 0.05) is 23.9 Å². The van der Waals surface area contributed by atoms with E-state index in [-0.39, 0.29) is 36.5 Å². The monoisotopic (exact) mass is 439 g/mol. The summed E-state index contributed by atoms with van der Waals surface area (Å²) >= 11 is 0. The van der Waals surface area contributed by atoms with Crippen molar-refractivity contribution >= 4 is 5.97 Å². The highest BCUT2D eigenvalue weighted by atomic mass is 19.4. The van der Waals surface area contributed by atoms with E-state index >= 15 is 0 Å². The maximum atomic E-state index is 12.7. The number of hydrogen-bond acceptors (Lipinski definition) is 5. The Labute approximate surface area is 177 Å². The lowest BCUT2D eigenvalue weighted by Crippen LogP contribution is -2.26. The van der Waals surface area contributed by atoms with E-state index in [0.29, 0.717) is 22.6 Å². The number of hydrogen-bond donors (Lipinski definition) is 0. The Morgan fingerprint density at radius 2 is 2.00 bits per heavy atom. The molecule has 6 nitrogen and oxygen atoms in total. The van der Waals surface area contributed by atoms with Gasteiger partial charge in [-0.1, -0.05) is 13.8 Å². The first-order valence-electron chi connectivity index (χ1n) is 9.92. The van der Waals surface area contributed by atoms with Crippen LogP contribution in [-0.2, 0) is 4.74 Å². The summed E-state index contributed by atoms with van der Waals surface area (Å²) in [6.07, 6.45) is -2.99. The topological polar surface area (TPSA) is 66.8 Å². The quantitative estimate of drug-likeness (QED) is 0.641. The van der Waals surface area contributed by atoms with Crippen molar-refractivity contribution in [3.05, 3.63) is 45.7 Å². The number of carbonyl (C=O) groups is 1. The zero-order valence-electron chi connectivity index (χ0n) is 17.7. The second-order valence-corrected chi connectivity index (χ2v) is 7.70. The molecule has 0 unspecified atom stereocenters. The van der Waals surface area contributed by atoms with Crippen molar-refractivity contribution in [3.8, 4) is 22.8 Å². The number of pyridine rings is 1. The van der Waals surface area contributed by atoms with Crippen molar-refractivity contribution in [1.29, 1.82) is 0 Å². The van der Waals surface area contributed by atoms with Gasteiger partial charge in [-0.2, -0.15) is 13.2 Å². The Balaban J connectivity index is 2.15. The van der Waals surface area contributed by atoms with Gasteiger partial charge in [0.1, 0.15) is 23.7 Å². The molecule has 1 aliphatic heterocycles. The lowest BCUT2D eigenvalue weighted by Gasteiger charge is -2.24. The van der Waals surface area contributed by atoms with Crippen LogP contribution in [0.25, 0.3) is 11.3 Å². The predicted molar refractivity (Wildman–Crippen MR) is 108 cm³/mol. The van der Waals surface area contributed by atoms with Crippen molar-refractivity contribution in [2.24, 2.45) is 5.92 Å². The average Bonchev–Trinajstić information content (AvgIpc) is 2.81. The van der Waals surface area contributed by atoms with Crippen LogP contribution < -0.4 is 14.9 Å². The molecule has 0 saturated carbocycles. The minimum atomic E-state index is -4.47. The summed E-state index contributed by atoms with van der Waals surface area (Å²) in [7, 11) is 0. The molecule has 1 atom stereocenters. The maximum Gasteiger partial charge on any atom is 0.422 e. The van der Waals surface area contributed by atoms with Crippen LogP contribution in [0.2, 0.25) is 0 Å². The van der Waals surface area contributed by atoms with Gasteiger partial charge in [0.15, 0.2) is 12.0 Å². The molecule has 0 bridgehead atoms. The van der Waals surface area contributed by atoms with Crippen molar-refractivity contribution < 1.29 is 32.2 Å². The molecule has 31 heavy (non-hydrogen) atoms. The molecule has 0 fully saturated rings. The van der Waals surface area contributed by atoms with E-state index in [0.717, 1.165) is 0 Å². The summed E-state index contributed by atoms with van der Waals surface area (Å²) in [5.74, 6) is -0.269. The van der Waals surface area contributed by atoms with Crippen molar-refractivity contribution in [2.75, 3.05) is 19.8 Å². The standard InChI is InChI=1S/C22H24F3NO5/c1-5-29-21(28)15-9-26-16(7-18(15)27)14-6-13(4)19(31-11-22(23,24)25)8-20(14)30-10-17(26)12(2)3/h6-9,12,17H,5,10-11H2,1-4H3/t17-/m0/s1. The third-order valence-electron chi connectivity index (χ3n) is 5.06. The Morgan fingerprint density at radius 1 is 1.29 bits per heavy atom. The second kappa shape index (κ2) is 8.64. The molecule has 1 aliphatic rings. The average molecular weight is 439 g/mol. The van der Waals surface area contributed by atoms with Gasteiger partial charge >= 0.3 is 12.1 Å². The third kappa shape index (κ3) is 4.86. The molecule has 0 radical (unpaired) electrons. The van der Waals surface area contributed by atoms with Crippen molar-refractivity contribution in [3.63, 3.8) is 0 Å². The molecule has 0 aliphatic carbocycles. The van der Waals surface area contributed by atoms with Crippen LogP contribution in [0.15, 0.2) is 29.2 Å². The first-order valence-corrected chi connectivity index (χ1v) is 9.92. The lowest BCUT2D eigenvalue weighted by molar-refractivity contribution is -0.153. The fourth-order valence-electron chi connectivity index (χ4n) is 3.48. The van der Waals surface area contributed by atoms with E-state index in [4.69, 9.17) is 14.2 Å². The van der Waals surface area contributed by atoms with Gasteiger partial charge in [0.25, 0.3) is 0 Å². The van der Waals surface area contributed by atoms with Gasteiger partial charge in [-0.3, -0.25) is 4.79 Å². The van der Waals surface area contributed by atoms with E-state index < -0.39 is 24.2 Å². The molecule has 1 aromatic heterocycles. The summed E-state index contributed by atoms with van der Waals surface area (Å²) < 4.78 is 55.4. The molecule has 0 amide bonds. The molecule has 0 spiro atoms. The summed E-state index contributed by atoms with van der Waals surface area (Å²) in [6.45, 7) is 6.13. The number of alkyl halides is 3. The number of carbonyl (C=O) groups excluding carboxylic acids is 1. The van der Waals surface area contributed by atoms with Crippen molar-refractivity contribution in [1.82, 2.24) is 4.57 Å². The lowest BCUT2D eigenvalue weighted by atomic mass is 10.0. The van der Waals surface area contributed by atoms with Crippen LogP contribution in [0.1, 0.15) is 42.7 Å². The minimum absolute atomic E-state index is 0.0520. The summed E-state index contributed by atoms with van der Waals surface area (Å²) in [6, 6.07) is 4.15. The van der Waals surface area contributed by atoms with Crippen LogP contribution in [0.5, 0.6) is 11.5 Å². The minimum Gasteiger partial charge on any atom is -0.491 e. The highest BCUT2D eigenvalue weighted by molar-refractivity contribution is 5.89. The van der Waals surface area contributed by atoms with E-state index in [1.807, 2.05) is 13.8 Å². The summed E-state index contributed by atoms with van der Waals surface area (Å²) in [4.78, 5) is 24.9. The second-order valence-electron chi connectivity index (χ2n) is 7.70. The van der Waals surface area contributed by atoms with Gasteiger partial charge in [0.2, 0.25) is 0 Å². The van der Waals surface area contributed by atoms with Gasteiger partial charge < -0.3 is 18.8 Å². The number of halogens is 3.